The SMILES string of the molecule is Cc1ccc(NC(N)=NCCc2ccn(-c3ccc(F)cc3)n2)cc1C. The lowest BCUT2D eigenvalue weighted by Gasteiger charge is -2.08. The Hall–Kier alpha value is -3.15. The van der Waals surface area contributed by atoms with E-state index in [0.717, 1.165) is 17.1 Å². The summed E-state index contributed by atoms with van der Waals surface area (Å²) < 4.78 is 14.7. The molecule has 0 radical (unpaired) electrons. The molecule has 0 saturated carbocycles. The molecular formula is C20H22FN5. The Labute approximate surface area is 152 Å². The molecule has 5 nitrogen and oxygen atoms in total. The first-order chi connectivity index (χ1) is 12.5. The minimum Gasteiger partial charge on any atom is -0.370 e. The summed E-state index contributed by atoms with van der Waals surface area (Å²) >= 11 is 0. The quantitative estimate of drug-likeness (QED) is 0.545. The molecular weight excluding hydrogens is 329 g/mol. The predicted molar refractivity (Wildman–Crippen MR) is 103 cm³/mol. The van der Waals surface area contributed by atoms with Crippen molar-refractivity contribution in [1.29, 1.82) is 0 Å². The first kappa shape index (κ1) is 17.7. The minimum atomic E-state index is -0.262. The van der Waals surface area contributed by atoms with E-state index < -0.39 is 0 Å². The number of hydrogen-bond donors (Lipinski definition) is 2. The van der Waals surface area contributed by atoms with Gasteiger partial charge in [-0.15, -0.1) is 0 Å². The third-order valence-electron chi connectivity index (χ3n) is 4.16. The van der Waals surface area contributed by atoms with E-state index in [1.165, 1.54) is 23.3 Å². The predicted octanol–water partition coefficient (Wildman–Crippen LogP) is 3.60. The van der Waals surface area contributed by atoms with Crippen molar-refractivity contribution in [2.24, 2.45) is 10.7 Å². The van der Waals surface area contributed by atoms with Crippen LogP contribution in [0.4, 0.5) is 10.1 Å². The minimum absolute atomic E-state index is 0.262. The summed E-state index contributed by atoms with van der Waals surface area (Å²) in [4.78, 5) is 4.34. The van der Waals surface area contributed by atoms with Crippen molar-refractivity contribution >= 4 is 11.6 Å². The van der Waals surface area contributed by atoms with Gasteiger partial charge in [0, 0.05) is 24.8 Å². The fraction of sp³-hybridized carbons (Fsp3) is 0.200. The van der Waals surface area contributed by atoms with Gasteiger partial charge in [0.25, 0.3) is 0 Å². The lowest BCUT2D eigenvalue weighted by Crippen LogP contribution is -2.23. The monoisotopic (exact) mass is 351 g/mol. The second-order valence-electron chi connectivity index (χ2n) is 6.17. The largest absolute Gasteiger partial charge is 0.370 e. The van der Waals surface area contributed by atoms with Gasteiger partial charge >= 0.3 is 0 Å². The summed E-state index contributed by atoms with van der Waals surface area (Å²) in [5, 5.41) is 7.58. The Morgan fingerprint density at radius 2 is 1.88 bits per heavy atom. The number of benzene rings is 2. The summed E-state index contributed by atoms with van der Waals surface area (Å²) in [7, 11) is 0. The lowest BCUT2D eigenvalue weighted by atomic mass is 10.1. The first-order valence-electron chi connectivity index (χ1n) is 8.46. The Balaban J connectivity index is 1.56. The van der Waals surface area contributed by atoms with Crippen LogP contribution < -0.4 is 11.1 Å². The van der Waals surface area contributed by atoms with Crippen molar-refractivity contribution in [3.05, 3.63) is 77.4 Å². The van der Waals surface area contributed by atoms with E-state index in [0.29, 0.717) is 18.9 Å². The maximum absolute atomic E-state index is 13.0. The zero-order valence-electron chi connectivity index (χ0n) is 14.9. The van der Waals surface area contributed by atoms with E-state index in [1.54, 1.807) is 16.8 Å². The standard InChI is InChI=1S/C20H22FN5/c1-14-3-6-18(13-15(14)2)24-20(22)23-11-9-17-10-12-26(25-17)19-7-4-16(21)5-8-19/h3-8,10,12-13H,9,11H2,1-2H3,(H3,22,23,24). The van der Waals surface area contributed by atoms with Gasteiger partial charge in [-0.1, -0.05) is 6.07 Å². The number of aromatic nitrogens is 2. The first-order valence-corrected chi connectivity index (χ1v) is 8.46. The molecule has 0 aliphatic heterocycles. The fourth-order valence-corrected chi connectivity index (χ4v) is 2.53. The molecule has 0 fully saturated rings. The van der Waals surface area contributed by atoms with Crippen LogP contribution in [-0.4, -0.2) is 22.3 Å². The number of nitrogens with two attached hydrogens (primary N) is 1. The molecule has 0 unspecified atom stereocenters. The Morgan fingerprint density at radius 3 is 2.62 bits per heavy atom. The number of hydrogen-bond acceptors (Lipinski definition) is 2. The van der Waals surface area contributed by atoms with E-state index in [2.05, 4.69) is 29.3 Å². The molecule has 6 heteroatoms. The molecule has 1 aromatic heterocycles. The van der Waals surface area contributed by atoms with Gasteiger partial charge in [0.1, 0.15) is 5.82 Å². The van der Waals surface area contributed by atoms with E-state index in [9.17, 15) is 4.39 Å². The number of anilines is 1. The third kappa shape index (κ3) is 4.47. The number of guanidine groups is 1. The second kappa shape index (κ2) is 7.82. The van der Waals surface area contributed by atoms with Crippen LogP contribution in [-0.2, 0) is 6.42 Å². The molecule has 0 bridgehead atoms. The molecule has 134 valence electrons. The fourth-order valence-electron chi connectivity index (χ4n) is 2.53. The van der Waals surface area contributed by atoms with Gasteiger partial charge < -0.3 is 11.1 Å². The molecule has 3 aromatic rings. The van der Waals surface area contributed by atoms with Crippen molar-refractivity contribution in [1.82, 2.24) is 9.78 Å². The summed E-state index contributed by atoms with van der Waals surface area (Å²) in [5.74, 6) is 0.119. The highest BCUT2D eigenvalue weighted by Crippen LogP contribution is 2.14. The van der Waals surface area contributed by atoms with Crippen LogP contribution in [0.5, 0.6) is 0 Å². The molecule has 0 atom stereocenters. The van der Waals surface area contributed by atoms with Crippen molar-refractivity contribution < 1.29 is 4.39 Å². The van der Waals surface area contributed by atoms with Crippen LogP contribution >= 0.6 is 0 Å². The number of aliphatic imine (C=N–C) groups is 1. The van der Waals surface area contributed by atoms with Crippen LogP contribution in [0.2, 0.25) is 0 Å². The van der Waals surface area contributed by atoms with E-state index in [-0.39, 0.29) is 5.82 Å². The van der Waals surface area contributed by atoms with E-state index >= 15 is 0 Å². The number of aryl methyl sites for hydroxylation is 2. The zero-order valence-corrected chi connectivity index (χ0v) is 14.9. The number of nitrogens with zero attached hydrogens (tertiary/aromatic N) is 3. The smallest absolute Gasteiger partial charge is 0.193 e. The summed E-state index contributed by atoms with van der Waals surface area (Å²) in [6, 6.07) is 14.2. The molecule has 0 aliphatic carbocycles. The molecule has 0 saturated heterocycles. The van der Waals surface area contributed by atoms with Crippen LogP contribution in [0, 0.1) is 19.7 Å². The van der Waals surface area contributed by atoms with Crippen molar-refractivity contribution in [2.45, 2.75) is 20.3 Å². The van der Waals surface area contributed by atoms with Crippen LogP contribution in [0.15, 0.2) is 59.7 Å². The average molecular weight is 351 g/mol. The van der Waals surface area contributed by atoms with Crippen LogP contribution in [0.3, 0.4) is 0 Å². The summed E-state index contributed by atoms with van der Waals surface area (Å²) in [6.45, 7) is 4.66. The molecule has 2 aromatic carbocycles. The molecule has 0 amide bonds. The third-order valence-corrected chi connectivity index (χ3v) is 4.16. The molecule has 3 N–H and O–H groups in total. The van der Waals surface area contributed by atoms with Crippen molar-refractivity contribution in [2.75, 3.05) is 11.9 Å². The highest BCUT2D eigenvalue weighted by molar-refractivity contribution is 5.92. The summed E-state index contributed by atoms with van der Waals surface area (Å²) in [5.41, 5.74) is 11.0. The van der Waals surface area contributed by atoms with Gasteiger partial charge in [-0.25, -0.2) is 9.07 Å². The van der Waals surface area contributed by atoms with Gasteiger partial charge in [-0.05, 0) is 67.4 Å². The van der Waals surface area contributed by atoms with E-state index in [4.69, 9.17) is 5.73 Å². The van der Waals surface area contributed by atoms with Gasteiger partial charge in [-0.3, -0.25) is 4.99 Å². The Morgan fingerprint density at radius 1 is 1.12 bits per heavy atom. The average Bonchev–Trinajstić information content (AvgIpc) is 3.08. The molecule has 1 heterocycles. The molecule has 3 rings (SSSR count). The zero-order chi connectivity index (χ0) is 18.5. The van der Waals surface area contributed by atoms with Gasteiger partial charge in [0.2, 0.25) is 0 Å². The molecule has 26 heavy (non-hydrogen) atoms. The Bertz CT molecular complexity index is 912. The van der Waals surface area contributed by atoms with Gasteiger partial charge in [0.15, 0.2) is 5.96 Å². The number of halogens is 1. The highest BCUT2D eigenvalue weighted by atomic mass is 19.1. The topological polar surface area (TPSA) is 68.2 Å². The van der Waals surface area contributed by atoms with E-state index in [1.807, 2.05) is 30.5 Å². The van der Waals surface area contributed by atoms with Gasteiger partial charge in [-0.2, -0.15) is 5.10 Å². The normalized spacial score (nSPS) is 11.6. The molecule has 0 aliphatic rings. The van der Waals surface area contributed by atoms with Crippen molar-refractivity contribution in [3.63, 3.8) is 0 Å². The van der Waals surface area contributed by atoms with Crippen LogP contribution in [0.25, 0.3) is 5.69 Å². The maximum atomic E-state index is 13.0. The number of rotatable bonds is 5. The van der Waals surface area contributed by atoms with Crippen molar-refractivity contribution in [3.8, 4) is 5.69 Å². The number of nitrogens with one attached hydrogen (secondary N) is 1. The van der Waals surface area contributed by atoms with Crippen LogP contribution in [0.1, 0.15) is 16.8 Å². The maximum Gasteiger partial charge on any atom is 0.193 e. The Kier molecular flexibility index (Phi) is 5.31. The highest BCUT2D eigenvalue weighted by Gasteiger charge is 2.02. The molecule has 0 spiro atoms. The second-order valence-corrected chi connectivity index (χ2v) is 6.17. The lowest BCUT2D eigenvalue weighted by molar-refractivity contribution is 0.627. The van der Waals surface area contributed by atoms with Gasteiger partial charge in [0.05, 0.1) is 11.4 Å². The summed E-state index contributed by atoms with van der Waals surface area (Å²) in [6.07, 6.45) is 2.52.